The molecule has 2 aliphatic heterocycles. The van der Waals surface area contributed by atoms with Crippen molar-refractivity contribution in [2.75, 3.05) is 49.1 Å². The normalized spacial score (nSPS) is 16.5. The summed E-state index contributed by atoms with van der Waals surface area (Å²) in [7, 11) is 0. The van der Waals surface area contributed by atoms with Crippen LogP contribution in [0.15, 0.2) is 78.9 Å². The Kier molecular flexibility index (Phi) is 8.58. The van der Waals surface area contributed by atoms with E-state index in [1.807, 2.05) is 65.6 Å². The van der Waals surface area contributed by atoms with E-state index in [4.69, 9.17) is 14.2 Å². The number of piperazine rings is 1. The summed E-state index contributed by atoms with van der Waals surface area (Å²) in [4.78, 5) is 30.4. The molecule has 1 atom stereocenters. The number of anilines is 2. The molecule has 2 amide bonds. The predicted octanol–water partition coefficient (Wildman–Crippen LogP) is 5.22. The molecule has 5 rings (SSSR count). The first-order valence-corrected chi connectivity index (χ1v) is 13.2. The van der Waals surface area contributed by atoms with Crippen molar-refractivity contribution >= 4 is 23.6 Å². The Morgan fingerprint density at radius 2 is 1.49 bits per heavy atom. The molecule has 0 unspecified atom stereocenters. The first kappa shape index (κ1) is 26.5. The summed E-state index contributed by atoms with van der Waals surface area (Å²) in [5.41, 5.74) is 2.66. The van der Waals surface area contributed by atoms with E-state index in [9.17, 15) is 9.59 Å². The minimum atomic E-state index is -0.533. The van der Waals surface area contributed by atoms with E-state index in [0.717, 1.165) is 11.1 Å². The van der Waals surface area contributed by atoms with Gasteiger partial charge < -0.3 is 24.0 Å². The van der Waals surface area contributed by atoms with Crippen LogP contribution in [0.4, 0.5) is 25.4 Å². The smallest absolute Gasteiger partial charge is 0.414 e. The quantitative estimate of drug-likeness (QED) is 0.351. The molecule has 9 heteroatoms. The second kappa shape index (κ2) is 12.6. The summed E-state index contributed by atoms with van der Waals surface area (Å²) in [6.45, 7) is 3.17. The van der Waals surface area contributed by atoms with Crippen molar-refractivity contribution in [2.24, 2.45) is 0 Å². The van der Waals surface area contributed by atoms with Crippen LogP contribution in [0, 0.1) is 5.82 Å². The average Bonchev–Trinajstić information content (AvgIpc) is 3.81. The molecule has 2 saturated heterocycles. The van der Waals surface area contributed by atoms with E-state index >= 15 is 4.39 Å². The second-order valence-corrected chi connectivity index (χ2v) is 9.59. The van der Waals surface area contributed by atoms with Crippen LogP contribution in [0.5, 0.6) is 0 Å². The van der Waals surface area contributed by atoms with Crippen LogP contribution >= 0.6 is 0 Å². The SMILES string of the molecule is O=C(OCc1ccccc1)N1CCN(c2ccc(N(CC[C@@H]3CO3)C(=O)OCc3ccccc3)cc2F)CC1. The molecule has 2 aliphatic rings. The van der Waals surface area contributed by atoms with Crippen molar-refractivity contribution < 1.29 is 28.2 Å². The summed E-state index contributed by atoms with van der Waals surface area (Å²) in [5, 5.41) is 0. The Balaban J connectivity index is 1.18. The summed E-state index contributed by atoms with van der Waals surface area (Å²) in [5.74, 6) is -0.434. The van der Waals surface area contributed by atoms with Gasteiger partial charge in [-0.05, 0) is 35.7 Å². The number of carbonyl (C=O) groups excluding carboxylic acids is 2. The van der Waals surface area contributed by atoms with Crippen molar-refractivity contribution in [3.05, 3.63) is 95.8 Å². The number of hydrogen-bond acceptors (Lipinski definition) is 6. The number of amides is 2. The van der Waals surface area contributed by atoms with Gasteiger partial charge in [0.1, 0.15) is 19.0 Å². The summed E-state index contributed by atoms with van der Waals surface area (Å²) >= 11 is 0. The molecular formula is C30H32FN3O5. The second-order valence-electron chi connectivity index (χ2n) is 9.59. The molecule has 0 bridgehead atoms. The lowest BCUT2D eigenvalue weighted by atomic mass is 10.2. The molecular weight excluding hydrogens is 501 g/mol. The third-order valence-electron chi connectivity index (χ3n) is 6.83. The predicted molar refractivity (Wildman–Crippen MR) is 145 cm³/mol. The topological polar surface area (TPSA) is 74.9 Å². The maximum absolute atomic E-state index is 15.3. The minimum Gasteiger partial charge on any atom is -0.445 e. The fourth-order valence-corrected chi connectivity index (χ4v) is 4.49. The van der Waals surface area contributed by atoms with Gasteiger partial charge in [0.05, 0.1) is 24.1 Å². The standard InChI is InChI=1S/C30H32FN3O5/c31-27-19-25(34(14-13-26-22-37-26)30(36)39-21-24-9-5-2-6-10-24)11-12-28(27)32-15-17-33(18-16-32)29(35)38-20-23-7-3-1-4-8-23/h1-12,19,26H,13-18,20-22H2/t26-/m1/s1. The number of ether oxygens (including phenoxy) is 3. The Labute approximate surface area is 227 Å². The summed E-state index contributed by atoms with van der Waals surface area (Å²) in [6.07, 6.45) is -0.145. The largest absolute Gasteiger partial charge is 0.445 e. The van der Waals surface area contributed by atoms with Crippen molar-refractivity contribution in [3.63, 3.8) is 0 Å². The van der Waals surface area contributed by atoms with Crippen molar-refractivity contribution in [3.8, 4) is 0 Å². The van der Waals surface area contributed by atoms with Gasteiger partial charge in [-0.1, -0.05) is 60.7 Å². The lowest BCUT2D eigenvalue weighted by Gasteiger charge is -2.35. The van der Waals surface area contributed by atoms with Gasteiger partial charge in [-0.25, -0.2) is 14.0 Å². The lowest BCUT2D eigenvalue weighted by Crippen LogP contribution is -2.49. The number of rotatable bonds is 9. The zero-order valence-electron chi connectivity index (χ0n) is 21.7. The van der Waals surface area contributed by atoms with E-state index in [2.05, 4.69) is 0 Å². The highest BCUT2D eigenvalue weighted by molar-refractivity contribution is 5.88. The molecule has 3 aromatic carbocycles. The monoisotopic (exact) mass is 533 g/mol. The van der Waals surface area contributed by atoms with Gasteiger partial charge in [0.25, 0.3) is 0 Å². The first-order chi connectivity index (χ1) is 19.1. The van der Waals surface area contributed by atoms with Gasteiger partial charge in [-0.15, -0.1) is 0 Å². The van der Waals surface area contributed by atoms with Gasteiger partial charge >= 0.3 is 12.2 Å². The molecule has 2 fully saturated rings. The van der Waals surface area contributed by atoms with Crippen molar-refractivity contribution in [2.45, 2.75) is 25.7 Å². The molecule has 8 nitrogen and oxygen atoms in total. The van der Waals surface area contributed by atoms with Crippen LogP contribution in [-0.2, 0) is 27.4 Å². The summed E-state index contributed by atoms with van der Waals surface area (Å²) < 4.78 is 31.6. The Bertz CT molecular complexity index is 1250. The third kappa shape index (κ3) is 7.26. The molecule has 0 radical (unpaired) electrons. The van der Waals surface area contributed by atoms with E-state index in [1.165, 1.54) is 11.0 Å². The Hall–Kier alpha value is -4.11. The number of hydrogen-bond donors (Lipinski definition) is 0. The van der Waals surface area contributed by atoms with E-state index in [-0.39, 0.29) is 25.4 Å². The zero-order valence-corrected chi connectivity index (χ0v) is 21.7. The molecule has 0 spiro atoms. The molecule has 39 heavy (non-hydrogen) atoms. The van der Waals surface area contributed by atoms with Gasteiger partial charge in [0.2, 0.25) is 0 Å². The first-order valence-electron chi connectivity index (χ1n) is 13.2. The zero-order chi connectivity index (χ0) is 27.0. The molecule has 0 N–H and O–H groups in total. The highest BCUT2D eigenvalue weighted by Crippen LogP contribution is 2.28. The fourth-order valence-electron chi connectivity index (χ4n) is 4.49. The van der Waals surface area contributed by atoms with Gasteiger partial charge in [-0.2, -0.15) is 0 Å². The fraction of sp³-hybridized carbons (Fsp3) is 0.333. The van der Waals surface area contributed by atoms with E-state index in [0.29, 0.717) is 57.1 Å². The van der Waals surface area contributed by atoms with Crippen LogP contribution < -0.4 is 9.80 Å². The van der Waals surface area contributed by atoms with Crippen LogP contribution in [0.3, 0.4) is 0 Å². The van der Waals surface area contributed by atoms with Gasteiger partial charge in [0, 0.05) is 32.7 Å². The van der Waals surface area contributed by atoms with Crippen LogP contribution in [-0.4, -0.2) is 62.5 Å². The van der Waals surface area contributed by atoms with Crippen LogP contribution in [0.1, 0.15) is 17.5 Å². The van der Waals surface area contributed by atoms with Gasteiger partial charge in [0.15, 0.2) is 0 Å². The van der Waals surface area contributed by atoms with E-state index < -0.39 is 11.9 Å². The Morgan fingerprint density at radius 3 is 2.08 bits per heavy atom. The number of benzene rings is 3. The lowest BCUT2D eigenvalue weighted by molar-refractivity contribution is 0.0941. The molecule has 204 valence electrons. The van der Waals surface area contributed by atoms with Crippen molar-refractivity contribution in [1.82, 2.24) is 4.90 Å². The molecule has 0 aliphatic carbocycles. The van der Waals surface area contributed by atoms with Crippen LogP contribution in [0.25, 0.3) is 0 Å². The van der Waals surface area contributed by atoms with Crippen LogP contribution in [0.2, 0.25) is 0 Å². The number of halogens is 1. The molecule has 0 saturated carbocycles. The molecule has 0 aromatic heterocycles. The minimum absolute atomic E-state index is 0.120. The maximum atomic E-state index is 15.3. The molecule has 3 aromatic rings. The highest BCUT2D eigenvalue weighted by atomic mass is 19.1. The van der Waals surface area contributed by atoms with Crippen molar-refractivity contribution in [1.29, 1.82) is 0 Å². The number of nitrogens with zero attached hydrogens (tertiary/aromatic N) is 3. The maximum Gasteiger partial charge on any atom is 0.414 e. The average molecular weight is 534 g/mol. The highest BCUT2D eigenvalue weighted by Gasteiger charge is 2.28. The summed E-state index contributed by atoms with van der Waals surface area (Å²) in [6, 6.07) is 23.7. The van der Waals surface area contributed by atoms with E-state index in [1.54, 1.807) is 17.0 Å². The number of carbonyl (C=O) groups is 2. The molecule has 2 heterocycles. The number of epoxide rings is 1. The third-order valence-corrected chi connectivity index (χ3v) is 6.83. The Morgan fingerprint density at radius 1 is 0.872 bits per heavy atom. The van der Waals surface area contributed by atoms with Gasteiger partial charge in [-0.3, -0.25) is 4.90 Å².